The van der Waals surface area contributed by atoms with Gasteiger partial charge in [-0.05, 0) is 41.3 Å². The van der Waals surface area contributed by atoms with Crippen molar-refractivity contribution in [1.82, 2.24) is 0 Å². The molecule has 0 bridgehead atoms. The number of benzene rings is 2. The minimum absolute atomic E-state index is 0.141. The van der Waals surface area contributed by atoms with Gasteiger partial charge >= 0.3 is 6.09 Å². The Morgan fingerprint density at radius 3 is 2.42 bits per heavy atom. The van der Waals surface area contributed by atoms with Crippen LogP contribution >= 0.6 is 11.6 Å². The first kappa shape index (κ1) is 18.1. The number of anilines is 1. The van der Waals surface area contributed by atoms with Gasteiger partial charge in [-0.1, -0.05) is 38.4 Å². The summed E-state index contributed by atoms with van der Waals surface area (Å²) in [5.41, 5.74) is 1.47. The zero-order chi connectivity index (χ0) is 17.9. The molecular formula is C19H22ClNO3. The highest BCUT2D eigenvalue weighted by Gasteiger charge is 2.20. The summed E-state index contributed by atoms with van der Waals surface area (Å²) >= 11 is 6.24. The van der Waals surface area contributed by atoms with Gasteiger partial charge in [0, 0.05) is 18.1 Å². The lowest BCUT2D eigenvalue weighted by atomic mass is 9.87. The van der Waals surface area contributed by atoms with Gasteiger partial charge in [0.15, 0.2) is 0 Å². The van der Waals surface area contributed by atoms with E-state index in [9.17, 15) is 4.79 Å². The minimum atomic E-state index is -0.481. The van der Waals surface area contributed by atoms with Gasteiger partial charge in [0.2, 0.25) is 0 Å². The van der Waals surface area contributed by atoms with E-state index in [-0.39, 0.29) is 5.41 Å². The highest BCUT2D eigenvalue weighted by atomic mass is 35.5. The molecule has 0 radical (unpaired) electrons. The number of ether oxygens (including phenoxy) is 2. The van der Waals surface area contributed by atoms with Crippen LogP contribution in [0.25, 0.3) is 0 Å². The van der Waals surface area contributed by atoms with E-state index in [1.807, 2.05) is 18.2 Å². The zero-order valence-electron chi connectivity index (χ0n) is 14.6. The molecule has 4 nitrogen and oxygen atoms in total. The Balaban J connectivity index is 2.20. The number of hydrogen-bond acceptors (Lipinski definition) is 3. The smallest absolute Gasteiger partial charge is 0.419 e. The molecule has 0 N–H and O–H groups in total. The molecule has 0 aliphatic heterocycles. The molecule has 0 fully saturated rings. The van der Waals surface area contributed by atoms with Gasteiger partial charge in [0.1, 0.15) is 11.5 Å². The van der Waals surface area contributed by atoms with E-state index in [2.05, 4.69) is 20.8 Å². The fourth-order valence-electron chi connectivity index (χ4n) is 2.24. The summed E-state index contributed by atoms with van der Waals surface area (Å²) in [7, 11) is 3.23. The van der Waals surface area contributed by atoms with Crippen LogP contribution in [0.2, 0.25) is 5.02 Å². The van der Waals surface area contributed by atoms with Crippen molar-refractivity contribution in [1.29, 1.82) is 0 Å². The van der Waals surface area contributed by atoms with Gasteiger partial charge in [0.25, 0.3) is 0 Å². The van der Waals surface area contributed by atoms with Crippen molar-refractivity contribution in [2.24, 2.45) is 0 Å². The Bertz CT molecular complexity index is 738. The van der Waals surface area contributed by atoms with Gasteiger partial charge in [-0.25, -0.2) is 4.79 Å². The molecule has 0 aliphatic carbocycles. The van der Waals surface area contributed by atoms with Crippen molar-refractivity contribution in [3.05, 3.63) is 53.1 Å². The van der Waals surface area contributed by atoms with E-state index < -0.39 is 6.09 Å². The van der Waals surface area contributed by atoms with Gasteiger partial charge in [-0.3, -0.25) is 4.90 Å². The third-order valence-electron chi connectivity index (χ3n) is 3.67. The largest absolute Gasteiger partial charge is 0.497 e. The maximum absolute atomic E-state index is 12.4. The molecule has 0 spiro atoms. The summed E-state index contributed by atoms with van der Waals surface area (Å²) in [6.07, 6.45) is -0.481. The lowest BCUT2D eigenvalue weighted by Crippen LogP contribution is -2.29. The van der Waals surface area contributed by atoms with Crippen LogP contribution in [0.1, 0.15) is 26.3 Å². The number of hydrogen-bond donors (Lipinski definition) is 0. The second-order valence-corrected chi connectivity index (χ2v) is 6.93. The van der Waals surface area contributed by atoms with E-state index >= 15 is 0 Å². The quantitative estimate of drug-likeness (QED) is 0.758. The first-order valence-corrected chi connectivity index (χ1v) is 8.00. The standard InChI is InChI=1S/C19H22ClNO3/c1-19(2,3)16-12-15(9-10-17(16)20)24-18(22)21(4)13-7-6-8-14(11-13)23-5/h6-12H,1-5H3. The maximum atomic E-state index is 12.4. The molecular weight excluding hydrogens is 326 g/mol. The van der Waals surface area contributed by atoms with Crippen LogP contribution in [-0.4, -0.2) is 20.3 Å². The minimum Gasteiger partial charge on any atom is -0.497 e. The number of carbonyl (C=O) groups is 1. The summed E-state index contributed by atoms with van der Waals surface area (Å²) in [6.45, 7) is 6.17. The summed E-state index contributed by atoms with van der Waals surface area (Å²) < 4.78 is 10.7. The molecule has 128 valence electrons. The molecule has 2 aromatic carbocycles. The molecule has 24 heavy (non-hydrogen) atoms. The summed E-state index contributed by atoms with van der Waals surface area (Å²) in [4.78, 5) is 13.8. The molecule has 2 aromatic rings. The second kappa shape index (κ2) is 7.14. The zero-order valence-corrected chi connectivity index (χ0v) is 15.3. The number of rotatable bonds is 3. The van der Waals surface area contributed by atoms with Crippen LogP contribution in [0.3, 0.4) is 0 Å². The Kier molecular flexibility index (Phi) is 5.40. The van der Waals surface area contributed by atoms with Crippen LogP contribution in [0.15, 0.2) is 42.5 Å². The molecule has 0 aromatic heterocycles. The summed E-state index contributed by atoms with van der Waals surface area (Å²) in [5, 5.41) is 0.656. The van der Waals surface area contributed by atoms with Crippen molar-refractivity contribution in [2.45, 2.75) is 26.2 Å². The number of amides is 1. The van der Waals surface area contributed by atoms with Crippen molar-refractivity contribution in [3.63, 3.8) is 0 Å². The predicted molar refractivity (Wildman–Crippen MR) is 97.6 cm³/mol. The first-order chi connectivity index (χ1) is 11.2. The van der Waals surface area contributed by atoms with Crippen molar-refractivity contribution < 1.29 is 14.3 Å². The number of carbonyl (C=O) groups excluding carboxylic acids is 1. The highest BCUT2D eigenvalue weighted by molar-refractivity contribution is 6.31. The molecule has 5 heteroatoms. The van der Waals surface area contributed by atoms with Gasteiger partial charge in [0.05, 0.1) is 12.8 Å². The number of nitrogens with zero attached hydrogens (tertiary/aromatic N) is 1. The van der Waals surface area contributed by atoms with Gasteiger partial charge < -0.3 is 9.47 Å². The predicted octanol–water partition coefficient (Wildman–Crippen LogP) is 5.28. The van der Waals surface area contributed by atoms with E-state index in [1.54, 1.807) is 38.4 Å². The average molecular weight is 348 g/mol. The average Bonchev–Trinajstić information content (AvgIpc) is 2.54. The van der Waals surface area contributed by atoms with Crippen LogP contribution in [0.5, 0.6) is 11.5 Å². The monoisotopic (exact) mass is 347 g/mol. The van der Waals surface area contributed by atoms with Crippen LogP contribution in [-0.2, 0) is 5.41 Å². The fraction of sp³-hybridized carbons (Fsp3) is 0.316. The van der Waals surface area contributed by atoms with E-state index in [0.29, 0.717) is 22.2 Å². The van der Waals surface area contributed by atoms with E-state index in [4.69, 9.17) is 21.1 Å². The van der Waals surface area contributed by atoms with Crippen LogP contribution in [0.4, 0.5) is 10.5 Å². The summed E-state index contributed by atoms with van der Waals surface area (Å²) in [5.74, 6) is 1.14. The third kappa shape index (κ3) is 4.20. The normalized spacial score (nSPS) is 11.1. The molecule has 0 unspecified atom stereocenters. The lowest BCUT2D eigenvalue weighted by molar-refractivity contribution is 0.209. The van der Waals surface area contributed by atoms with Gasteiger partial charge in [-0.2, -0.15) is 0 Å². The third-order valence-corrected chi connectivity index (χ3v) is 4.00. The Labute approximate surface area is 147 Å². The Hall–Kier alpha value is -2.20. The fourth-order valence-corrected chi connectivity index (χ4v) is 2.64. The topological polar surface area (TPSA) is 38.8 Å². The van der Waals surface area contributed by atoms with E-state index in [0.717, 1.165) is 5.56 Å². The van der Waals surface area contributed by atoms with Crippen LogP contribution in [0, 0.1) is 0 Å². The van der Waals surface area contributed by atoms with Crippen molar-refractivity contribution in [3.8, 4) is 11.5 Å². The van der Waals surface area contributed by atoms with Crippen molar-refractivity contribution >= 4 is 23.4 Å². The van der Waals surface area contributed by atoms with Crippen LogP contribution < -0.4 is 14.4 Å². The first-order valence-electron chi connectivity index (χ1n) is 7.62. The van der Waals surface area contributed by atoms with Gasteiger partial charge in [-0.15, -0.1) is 0 Å². The molecule has 1 amide bonds. The second-order valence-electron chi connectivity index (χ2n) is 6.52. The van der Waals surface area contributed by atoms with Crippen molar-refractivity contribution in [2.75, 3.05) is 19.1 Å². The molecule has 2 rings (SSSR count). The SMILES string of the molecule is COc1cccc(N(C)C(=O)Oc2ccc(Cl)c(C(C)(C)C)c2)c1. The number of halogens is 1. The number of methoxy groups -OCH3 is 1. The Morgan fingerprint density at radius 2 is 1.79 bits per heavy atom. The molecule has 0 saturated heterocycles. The molecule has 0 aliphatic rings. The molecule has 0 saturated carbocycles. The summed E-state index contributed by atoms with van der Waals surface area (Å²) in [6, 6.07) is 12.5. The highest BCUT2D eigenvalue weighted by Crippen LogP contribution is 2.32. The molecule has 0 heterocycles. The lowest BCUT2D eigenvalue weighted by Gasteiger charge is -2.22. The van der Waals surface area contributed by atoms with E-state index in [1.165, 1.54) is 4.90 Å². The Morgan fingerprint density at radius 1 is 1.08 bits per heavy atom. The molecule has 0 atom stereocenters. The maximum Gasteiger partial charge on any atom is 0.419 e.